The third-order valence-electron chi connectivity index (χ3n) is 4.08. The highest BCUT2D eigenvalue weighted by Crippen LogP contribution is 2.23. The summed E-state index contributed by atoms with van der Waals surface area (Å²) in [6.45, 7) is 5.66. The third-order valence-corrected chi connectivity index (χ3v) is 4.08. The molecule has 142 valence electrons. The van der Waals surface area contributed by atoms with Crippen molar-refractivity contribution in [3.05, 3.63) is 65.9 Å². The average Bonchev–Trinajstić information content (AvgIpc) is 3.12. The molecule has 0 radical (unpaired) electrons. The number of carboxylic acid groups (broad SMARTS) is 1. The predicted octanol–water partition coefficient (Wildman–Crippen LogP) is 4.08. The Morgan fingerprint density at radius 1 is 1.21 bits per heavy atom. The van der Waals surface area contributed by atoms with Crippen molar-refractivity contribution >= 4 is 22.5 Å². The van der Waals surface area contributed by atoms with Crippen LogP contribution in [0.15, 0.2) is 64.6 Å². The van der Waals surface area contributed by atoms with E-state index in [2.05, 4.69) is 10.1 Å². The van der Waals surface area contributed by atoms with Gasteiger partial charge in [0.05, 0.1) is 11.9 Å². The van der Waals surface area contributed by atoms with Crippen LogP contribution in [0.1, 0.15) is 31.1 Å². The number of aromatic nitrogens is 2. The van der Waals surface area contributed by atoms with Crippen LogP contribution in [0.4, 0.5) is 0 Å². The molecule has 0 saturated heterocycles. The maximum atomic E-state index is 11.4. The molecule has 7 nitrogen and oxygen atoms in total. The smallest absolute Gasteiger partial charge is 0.335 e. The summed E-state index contributed by atoms with van der Waals surface area (Å²) in [5, 5.41) is 14.6. The van der Waals surface area contributed by atoms with Gasteiger partial charge in [-0.05, 0) is 57.2 Å². The van der Waals surface area contributed by atoms with E-state index >= 15 is 0 Å². The third kappa shape index (κ3) is 3.46. The first-order valence-electron chi connectivity index (χ1n) is 8.77. The second-order valence-electron chi connectivity index (χ2n) is 7.42. The average molecular weight is 377 g/mol. The summed E-state index contributed by atoms with van der Waals surface area (Å²) in [6.07, 6.45) is 3.62. The zero-order valence-corrected chi connectivity index (χ0v) is 15.7. The summed E-state index contributed by atoms with van der Waals surface area (Å²) in [4.78, 5) is 21.4. The quantitative estimate of drug-likeness (QED) is 0.544. The molecule has 3 heterocycles. The Hall–Kier alpha value is -3.61. The standard InChI is InChI=1S/C21H19N3O4/c1-21(2,3)28-23-16-11-19(17-10-14-5-4-8-24(14)12-22-17)27-18-7-6-13(20(25)26)9-15(16)18/h4-12H,1-3H3,(H,25,26)/b23-16-. The molecule has 0 aliphatic heterocycles. The number of carboxylic acids is 1. The molecular formula is C21H19N3O4. The number of carbonyl (C=O) groups is 1. The van der Waals surface area contributed by atoms with Crippen molar-refractivity contribution in [2.24, 2.45) is 5.16 Å². The minimum absolute atomic E-state index is 0.149. The molecule has 3 aromatic heterocycles. The molecule has 0 amide bonds. The van der Waals surface area contributed by atoms with E-state index in [9.17, 15) is 9.90 Å². The first-order valence-corrected chi connectivity index (χ1v) is 8.77. The molecule has 7 heteroatoms. The largest absolute Gasteiger partial charge is 0.478 e. The molecule has 0 unspecified atom stereocenters. The molecule has 1 N–H and O–H groups in total. The molecule has 0 fully saturated rings. The summed E-state index contributed by atoms with van der Waals surface area (Å²) < 4.78 is 7.90. The van der Waals surface area contributed by atoms with Gasteiger partial charge in [0.15, 0.2) is 5.76 Å². The van der Waals surface area contributed by atoms with Gasteiger partial charge in [0, 0.05) is 23.2 Å². The molecule has 1 aromatic carbocycles. The lowest BCUT2D eigenvalue weighted by Gasteiger charge is -2.15. The van der Waals surface area contributed by atoms with E-state index in [4.69, 9.17) is 9.25 Å². The van der Waals surface area contributed by atoms with Crippen molar-refractivity contribution in [1.29, 1.82) is 0 Å². The minimum Gasteiger partial charge on any atom is -0.478 e. The van der Waals surface area contributed by atoms with Crippen LogP contribution in [0.2, 0.25) is 0 Å². The highest BCUT2D eigenvalue weighted by molar-refractivity contribution is 5.93. The molecule has 0 spiro atoms. The van der Waals surface area contributed by atoms with Crippen LogP contribution in [0.3, 0.4) is 0 Å². The monoisotopic (exact) mass is 377 g/mol. The predicted molar refractivity (Wildman–Crippen MR) is 104 cm³/mol. The van der Waals surface area contributed by atoms with Gasteiger partial charge in [0.25, 0.3) is 0 Å². The number of hydrogen-bond acceptors (Lipinski definition) is 5. The lowest BCUT2D eigenvalue weighted by Crippen LogP contribution is -2.18. The minimum atomic E-state index is -1.02. The second-order valence-corrected chi connectivity index (χ2v) is 7.42. The van der Waals surface area contributed by atoms with Crippen molar-refractivity contribution in [2.75, 3.05) is 0 Å². The first kappa shape index (κ1) is 17.8. The highest BCUT2D eigenvalue weighted by Gasteiger charge is 2.14. The van der Waals surface area contributed by atoms with E-state index in [0.717, 1.165) is 5.52 Å². The van der Waals surface area contributed by atoms with E-state index in [1.807, 2.05) is 49.6 Å². The molecule has 0 saturated carbocycles. The van der Waals surface area contributed by atoms with Gasteiger partial charge in [0.1, 0.15) is 22.2 Å². The summed E-state index contributed by atoms with van der Waals surface area (Å²) in [5.74, 6) is -0.510. The number of rotatable bonds is 3. The van der Waals surface area contributed by atoms with Crippen LogP contribution in [-0.2, 0) is 4.84 Å². The van der Waals surface area contributed by atoms with E-state index in [1.165, 1.54) is 12.1 Å². The number of nitrogens with zero attached hydrogens (tertiary/aromatic N) is 3. The number of fused-ring (bicyclic) bond motifs is 2. The van der Waals surface area contributed by atoms with Crippen LogP contribution in [0.5, 0.6) is 0 Å². The lowest BCUT2D eigenvalue weighted by molar-refractivity contribution is -0.00586. The van der Waals surface area contributed by atoms with Crippen molar-refractivity contribution in [2.45, 2.75) is 26.4 Å². The fourth-order valence-electron chi connectivity index (χ4n) is 2.76. The summed E-state index contributed by atoms with van der Waals surface area (Å²) >= 11 is 0. The van der Waals surface area contributed by atoms with Crippen LogP contribution in [-0.4, -0.2) is 26.1 Å². The Labute approximate surface area is 160 Å². The van der Waals surface area contributed by atoms with E-state index in [0.29, 0.717) is 27.8 Å². The molecule has 28 heavy (non-hydrogen) atoms. The highest BCUT2D eigenvalue weighted by atomic mass is 16.6. The van der Waals surface area contributed by atoms with Crippen molar-refractivity contribution in [3.63, 3.8) is 0 Å². The summed E-state index contributed by atoms with van der Waals surface area (Å²) in [5.41, 5.74) is 1.77. The van der Waals surface area contributed by atoms with Crippen LogP contribution in [0, 0.1) is 0 Å². The Morgan fingerprint density at radius 3 is 2.79 bits per heavy atom. The van der Waals surface area contributed by atoms with Crippen LogP contribution < -0.4 is 5.36 Å². The molecular weight excluding hydrogens is 358 g/mol. The molecule has 0 aliphatic carbocycles. The van der Waals surface area contributed by atoms with Gasteiger partial charge in [-0.15, -0.1) is 0 Å². The Balaban J connectivity index is 1.95. The maximum absolute atomic E-state index is 11.4. The van der Waals surface area contributed by atoms with Gasteiger partial charge in [0.2, 0.25) is 0 Å². The number of benzene rings is 1. The Bertz CT molecular complexity index is 1260. The molecule has 0 bridgehead atoms. The van der Waals surface area contributed by atoms with E-state index < -0.39 is 11.6 Å². The molecule has 0 atom stereocenters. The van der Waals surface area contributed by atoms with Gasteiger partial charge in [-0.1, -0.05) is 5.16 Å². The number of hydrogen-bond donors (Lipinski definition) is 1. The molecule has 4 rings (SSSR count). The van der Waals surface area contributed by atoms with Gasteiger partial charge in [-0.25, -0.2) is 9.78 Å². The van der Waals surface area contributed by atoms with Crippen LogP contribution in [0.25, 0.3) is 27.9 Å². The van der Waals surface area contributed by atoms with Gasteiger partial charge >= 0.3 is 5.97 Å². The van der Waals surface area contributed by atoms with E-state index in [1.54, 1.807) is 18.5 Å². The summed E-state index contributed by atoms with van der Waals surface area (Å²) in [6, 6.07) is 12.2. The van der Waals surface area contributed by atoms with Gasteiger partial charge in [-0.2, -0.15) is 0 Å². The van der Waals surface area contributed by atoms with Gasteiger partial charge < -0.3 is 18.8 Å². The molecule has 4 aromatic rings. The summed E-state index contributed by atoms with van der Waals surface area (Å²) in [7, 11) is 0. The van der Waals surface area contributed by atoms with Crippen molar-refractivity contribution < 1.29 is 19.2 Å². The zero-order valence-electron chi connectivity index (χ0n) is 15.7. The maximum Gasteiger partial charge on any atom is 0.335 e. The molecule has 0 aliphatic rings. The van der Waals surface area contributed by atoms with Gasteiger partial charge in [-0.3, -0.25) is 0 Å². The fourth-order valence-corrected chi connectivity index (χ4v) is 2.76. The van der Waals surface area contributed by atoms with Crippen LogP contribution >= 0.6 is 0 Å². The topological polar surface area (TPSA) is 89.3 Å². The van der Waals surface area contributed by atoms with Crippen molar-refractivity contribution in [3.8, 4) is 11.5 Å². The van der Waals surface area contributed by atoms with Crippen molar-refractivity contribution in [1.82, 2.24) is 9.38 Å². The SMILES string of the molecule is CC(C)(C)O/N=c1/cc(-c2cc3cccn3cn2)oc2ccc(C(=O)O)cc12. The fraction of sp³-hybridized carbons (Fsp3) is 0.190. The Morgan fingerprint density at radius 2 is 2.04 bits per heavy atom. The first-order chi connectivity index (χ1) is 13.3. The van der Waals surface area contributed by atoms with E-state index in [-0.39, 0.29) is 5.56 Å². The zero-order chi connectivity index (χ0) is 19.9. The second kappa shape index (κ2) is 6.53. The Kier molecular flexibility index (Phi) is 4.15. The normalized spacial score (nSPS) is 12.6. The number of aromatic carboxylic acids is 1. The lowest BCUT2D eigenvalue weighted by atomic mass is 10.1.